The second-order valence-electron chi connectivity index (χ2n) is 10.8. The van der Waals surface area contributed by atoms with Crippen molar-refractivity contribution in [3.05, 3.63) is 40.5 Å². The summed E-state index contributed by atoms with van der Waals surface area (Å²) in [5, 5.41) is 5.33. The molecule has 4 atom stereocenters. The van der Waals surface area contributed by atoms with Gasteiger partial charge in [0.2, 0.25) is 10.0 Å². The van der Waals surface area contributed by atoms with Gasteiger partial charge >= 0.3 is 0 Å². The van der Waals surface area contributed by atoms with E-state index in [4.69, 9.17) is 27.4 Å². The van der Waals surface area contributed by atoms with Crippen molar-refractivity contribution in [1.82, 2.24) is 19.6 Å². The van der Waals surface area contributed by atoms with Crippen molar-refractivity contribution in [3.63, 3.8) is 0 Å². The number of carbonyl (C=O) groups is 1. The first-order valence-electron chi connectivity index (χ1n) is 13.3. The summed E-state index contributed by atoms with van der Waals surface area (Å²) in [6.45, 7) is 7.49. The van der Waals surface area contributed by atoms with Crippen LogP contribution in [-0.4, -0.2) is 72.2 Å². The summed E-state index contributed by atoms with van der Waals surface area (Å²) < 4.78 is 28.3. The van der Waals surface area contributed by atoms with Gasteiger partial charge < -0.3 is 15.5 Å². The lowest BCUT2D eigenvalue weighted by Crippen LogP contribution is -2.40. The molecule has 3 aliphatic rings. The van der Waals surface area contributed by atoms with E-state index in [1.165, 1.54) is 12.1 Å². The number of rotatable bonds is 5. The fraction of sp³-hybridized carbons (Fsp3) is 0.577. The molecule has 206 valence electrons. The van der Waals surface area contributed by atoms with Gasteiger partial charge in [-0.1, -0.05) is 18.5 Å². The van der Waals surface area contributed by atoms with Crippen LogP contribution < -0.4 is 10.5 Å². The normalized spacial score (nSPS) is 25.8. The molecule has 0 radical (unpaired) electrons. The molecular formula is C26H36ClN7O3S. The highest BCUT2D eigenvalue weighted by Crippen LogP contribution is 2.39. The Morgan fingerprint density at radius 3 is 2.68 bits per heavy atom. The zero-order valence-corrected chi connectivity index (χ0v) is 23.7. The largest absolute Gasteiger partial charge is 0.359 e. The SMILES string of the molecule is CC1C(N2CC[C@H](CN)C2)=Nc2cc([C@@H]3CCCCN3C(=O)c3cc(Cl)ccc3NS(C)(=O)=O)nn2C1C. The van der Waals surface area contributed by atoms with Crippen LogP contribution in [0.3, 0.4) is 0 Å². The number of hydrogen-bond acceptors (Lipinski definition) is 7. The molecule has 0 saturated carbocycles. The maximum atomic E-state index is 13.8. The number of nitrogens with zero attached hydrogens (tertiary/aromatic N) is 5. The first kappa shape index (κ1) is 27.0. The summed E-state index contributed by atoms with van der Waals surface area (Å²) in [5.41, 5.74) is 7.17. The summed E-state index contributed by atoms with van der Waals surface area (Å²) in [4.78, 5) is 23.0. The quantitative estimate of drug-likeness (QED) is 0.572. The minimum absolute atomic E-state index is 0.120. The Morgan fingerprint density at radius 2 is 1.97 bits per heavy atom. The van der Waals surface area contributed by atoms with Crippen molar-refractivity contribution in [2.45, 2.75) is 51.6 Å². The molecule has 12 heteroatoms. The first-order valence-corrected chi connectivity index (χ1v) is 15.5. The van der Waals surface area contributed by atoms with Gasteiger partial charge in [0.15, 0.2) is 5.82 Å². The van der Waals surface area contributed by atoms with Crippen LogP contribution in [0.1, 0.15) is 67.7 Å². The number of aliphatic imine (C=N–C) groups is 1. The van der Waals surface area contributed by atoms with Gasteiger partial charge in [0.1, 0.15) is 5.84 Å². The minimum atomic E-state index is -3.58. The minimum Gasteiger partial charge on any atom is -0.359 e. The molecule has 1 amide bonds. The Morgan fingerprint density at radius 1 is 1.18 bits per heavy atom. The van der Waals surface area contributed by atoms with Gasteiger partial charge in [0.05, 0.1) is 35.3 Å². The third kappa shape index (κ3) is 5.28. The van der Waals surface area contributed by atoms with Gasteiger partial charge in [0, 0.05) is 36.6 Å². The maximum absolute atomic E-state index is 13.8. The number of sulfonamides is 1. The number of nitrogens with two attached hydrogens (primary N) is 1. The van der Waals surface area contributed by atoms with Crippen molar-refractivity contribution in [2.24, 2.45) is 22.6 Å². The van der Waals surface area contributed by atoms with Gasteiger partial charge in [-0.25, -0.2) is 18.1 Å². The number of benzene rings is 1. The highest BCUT2D eigenvalue weighted by atomic mass is 35.5. The average molecular weight is 562 g/mol. The van der Waals surface area contributed by atoms with E-state index in [0.29, 0.717) is 24.0 Å². The summed E-state index contributed by atoms with van der Waals surface area (Å²) >= 11 is 6.22. The van der Waals surface area contributed by atoms with E-state index in [1.807, 2.05) is 10.7 Å². The monoisotopic (exact) mass is 561 g/mol. The fourth-order valence-corrected chi connectivity index (χ4v) is 6.56. The molecular weight excluding hydrogens is 526 g/mol. The van der Waals surface area contributed by atoms with E-state index < -0.39 is 10.0 Å². The van der Waals surface area contributed by atoms with Crippen molar-refractivity contribution < 1.29 is 13.2 Å². The molecule has 10 nitrogen and oxygen atoms in total. The summed E-state index contributed by atoms with van der Waals surface area (Å²) in [6.07, 6.45) is 4.74. The van der Waals surface area contributed by atoms with Crippen LogP contribution in [0.15, 0.2) is 29.3 Å². The Bertz CT molecular complexity index is 1360. The zero-order valence-electron chi connectivity index (χ0n) is 22.1. The van der Waals surface area contributed by atoms with E-state index >= 15 is 0 Å². The Kier molecular flexibility index (Phi) is 7.45. The van der Waals surface area contributed by atoms with Crippen LogP contribution in [0.25, 0.3) is 0 Å². The number of hydrogen-bond donors (Lipinski definition) is 2. The van der Waals surface area contributed by atoms with E-state index in [-0.39, 0.29) is 35.2 Å². The summed E-state index contributed by atoms with van der Waals surface area (Å²) in [5.74, 6) is 2.31. The molecule has 1 aromatic heterocycles. The Balaban J connectivity index is 1.46. The van der Waals surface area contributed by atoms with Gasteiger partial charge in [0.25, 0.3) is 5.91 Å². The summed E-state index contributed by atoms with van der Waals surface area (Å²) in [7, 11) is -3.58. The average Bonchev–Trinajstić information content (AvgIpc) is 3.53. The Hall–Kier alpha value is -2.63. The third-order valence-electron chi connectivity index (χ3n) is 8.04. The van der Waals surface area contributed by atoms with Crippen LogP contribution in [0.5, 0.6) is 0 Å². The number of amides is 1. The number of likely N-dealkylation sites (tertiary alicyclic amines) is 2. The van der Waals surface area contributed by atoms with Crippen LogP contribution in [0.4, 0.5) is 11.5 Å². The van der Waals surface area contributed by atoms with Crippen LogP contribution in [0, 0.1) is 11.8 Å². The van der Waals surface area contributed by atoms with Crippen molar-refractivity contribution in [3.8, 4) is 0 Å². The number of anilines is 1. The fourth-order valence-electron chi connectivity index (χ4n) is 5.81. The molecule has 38 heavy (non-hydrogen) atoms. The van der Waals surface area contributed by atoms with E-state index in [2.05, 4.69) is 23.5 Å². The third-order valence-corrected chi connectivity index (χ3v) is 8.86. The van der Waals surface area contributed by atoms with Gasteiger partial charge in [-0.15, -0.1) is 0 Å². The molecule has 5 rings (SSSR count). The predicted octanol–water partition coefficient (Wildman–Crippen LogP) is 3.80. The molecule has 0 aliphatic carbocycles. The molecule has 2 saturated heterocycles. The van der Waals surface area contributed by atoms with Gasteiger partial charge in [-0.3, -0.25) is 9.52 Å². The lowest BCUT2D eigenvalue weighted by Gasteiger charge is -2.35. The summed E-state index contributed by atoms with van der Waals surface area (Å²) in [6, 6.07) is 6.49. The van der Waals surface area contributed by atoms with Crippen LogP contribution in [-0.2, 0) is 10.0 Å². The highest BCUT2D eigenvalue weighted by molar-refractivity contribution is 7.92. The van der Waals surface area contributed by atoms with Gasteiger partial charge in [-0.2, -0.15) is 5.10 Å². The predicted molar refractivity (Wildman–Crippen MR) is 149 cm³/mol. The van der Waals surface area contributed by atoms with Crippen molar-refractivity contribution in [2.75, 3.05) is 37.2 Å². The number of aromatic nitrogens is 2. The lowest BCUT2D eigenvalue weighted by molar-refractivity contribution is 0.0606. The van der Waals surface area contributed by atoms with E-state index in [9.17, 15) is 13.2 Å². The van der Waals surface area contributed by atoms with Crippen molar-refractivity contribution >= 4 is 44.9 Å². The number of piperidine rings is 1. The number of halogens is 1. The molecule has 3 N–H and O–H groups in total. The van der Waals surface area contributed by atoms with E-state index in [0.717, 1.165) is 62.4 Å². The second kappa shape index (κ2) is 10.5. The van der Waals surface area contributed by atoms with Gasteiger partial charge in [-0.05, 0) is 63.3 Å². The maximum Gasteiger partial charge on any atom is 0.256 e. The Labute approximate surface area is 229 Å². The number of fused-ring (bicyclic) bond motifs is 1. The van der Waals surface area contributed by atoms with E-state index in [1.54, 1.807) is 11.0 Å². The first-order chi connectivity index (χ1) is 18.1. The highest BCUT2D eigenvalue weighted by Gasteiger charge is 2.37. The second-order valence-corrected chi connectivity index (χ2v) is 13.0. The molecule has 4 heterocycles. The standard InChI is InChI=1S/C26H36ClN7O3S/c1-16-17(2)34-24(29-25(16)32-11-9-18(14-28)15-32)13-22(30-34)23-6-4-5-10-33(23)26(35)20-12-19(27)7-8-21(20)31-38(3,36)37/h7-8,12-13,16-18,23,31H,4-6,9-11,14-15,28H2,1-3H3/t16?,17?,18-,23+/m1/s1. The smallest absolute Gasteiger partial charge is 0.256 e. The topological polar surface area (TPSA) is 126 Å². The number of nitrogens with one attached hydrogen (secondary N) is 1. The molecule has 2 fully saturated rings. The zero-order chi connectivity index (χ0) is 27.2. The molecule has 3 aliphatic heterocycles. The molecule has 0 spiro atoms. The van der Waals surface area contributed by atoms with Crippen LogP contribution >= 0.6 is 11.6 Å². The number of carbonyl (C=O) groups excluding carboxylic acids is 1. The molecule has 2 unspecified atom stereocenters. The number of amidine groups is 1. The molecule has 1 aromatic carbocycles. The van der Waals surface area contributed by atoms with Crippen molar-refractivity contribution in [1.29, 1.82) is 0 Å². The lowest BCUT2D eigenvalue weighted by atomic mass is 9.97. The molecule has 2 aromatic rings. The van der Waals surface area contributed by atoms with Crippen LogP contribution in [0.2, 0.25) is 5.02 Å². The molecule has 0 bridgehead atoms.